The standard InChI is InChI=1S/C18H28N2/c1-2-11-20-12-9-18(10-13-20)19-14-15-3-5-16(6-4-15)17-7-8-17/h3-6,17-19H,2,7-14H2,1H3. The van der Waals surface area contributed by atoms with E-state index in [2.05, 4.69) is 41.4 Å². The average molecular weight is 272 g/mol. The number of piperidine rings is 1. The van der Waals surface area contributed by atoms with Crippen LogP contribution in [0.3, 0.4) is 0 Å². The summed E-state index contributed by atoms with van der Waals surface area (Å²) < 4.78 is 0. The van der Waals surface area contributed by atoms with E-state index in [0.29, 0.717) is 6.04 Å². The molecule has 110 valence electrons. The number of likely N-dealkylation sites (tertiary alicyclic amines) is 1. The SMILES string of the molecule is CCCN1CCC(NCc2ccc(C3CC3)cc2)CC1. The first-order valence-electron chi connectivity index (χ1n) is 8.39. The van der Waals surface area contributed by atoms with Crippen molar-refractivity contribution in [2.75, 3.05) is 19.6 Å². The predicted octanol–water partition coefficient (Wildman–Crippen LogP) is 3.53. The van der Waals surface area contributed by atoms with Crippen molar-refractivity contribution in [1.82, 2.24) is 10.2 Å². The molecule has 0 spiro atoms. The molecule has 1 aromatic rings. The van der Waals surface area contributed by atoms with Gasteiger partial charge in [-0.05, 0) is 68.8 Å². The number of hydrogen-bond acceptors (Lipinski definition) is 2. The third kappa shape index (κ3) is 3.83. The summed E-state index contributed by atoms with van der Waals surface area (Å²) in [6.45, 7) is 7.12. The summed E-state index contributed by atoms with van der Waals surface area (Å²) in [5, 5.41) is 3.74. The molecule has 0 radical (unpaired) electrons. The molecule has 1 saturated carbocycles. The van der Waals surface area contributed by atoms with E-state index < -0.39 is 0 Å². The van der Waals surface area contributed by atoms with Crippen LogP contribution in [-0.2, 0) is 6.54 Å². The van der Waals surface area contributed by atoms with Crippen molar-refractivity contribution in [2.45, 2.75) is 57.5 Å². The fourth-order valence-corrected chi connectivity index (χ4v) is 3.26. The van der Waals surface area contributed by atoms with Gasteiger partial charge in [0.05, 0.1) is 0 Å². The van der Waals surface area contributed by atoms with Gasteiger partial charge in [-0.2, -0.15) is 0 Å². The largest absolute Gasteiger partial charge is 0.310 e. The molecule has 3 rings (SSSR count). The van der Waals surface area contributed by atoms with Gasteiger partial charge in [-0.25, -0.2) is 0 Å². The van der Waals surface area contributed by atoms with Crippen molar-refractivity contribution in [3.63, 3.8) is 0 Å². The van der Waals surface area contributed by atoms with Gasteiger partial charge in [0.25, 0.3) is 0 Å². The minimum Gasteiger partial charge on any atom is -0.310 e. The van der Waals surface area contributed by atoms with Gasteiger partial charge in [0.15, 0.2) is 0 Å². The summed E-state index contributed by atoms with van der Waals surface area (Å²) in [4.78, 5) is 2.60. The highest BCUT2D eigenvalue weighted by atomic mass is 15.1. The van der Waals surface area contributed by atoms with Gasteiger partial charge in [0.1, 0.15) is 0 Å². The molecule has 2 aliphatic rings. The van der Waals surface area contributed by atoms with E-state index in [1.807, 2.05) is 0 Å². The molecule has 0 bridgehead atoms. The van der Waals surface area contributed by atoms with Crippen molar-refractivity contribution in [2.24, 2.45) is 0 Å². The topological polar surface area (TPSA) is 15.3 Å². The Morgan fingerprint density at radius 3 is 2.35 bits per heavy atom. The second-order valence-electron chi connectivity index (χ2n) is 6.51. The molecule has 0 aromatic heterocycles. The zero-order valence-corrected chi connectivity index (χ0v) is 12.8. The highest BCUT2D eigenvalue weighted by Gasteiger charge is 2.23. The molecule has 0 atom stereocenters. The quantitative estimate of drug-likeness (QED) is 0.852. The van der Waals surface area contributed by atoms with E-state index in [1.54, 1.807) is 5.56 Å². The van der Waals surface area contributed by atoms with Crippen molar-refractivity contribution in [1.29, 1.82) is 0 Å². The predicted molar refractivity (Wildman–Crippen MR) is 85.0 cm³/mol. The maximum absolute atomic E-state index is 3.74. The second-order valence-corrected chi connectivity index (χ2v) is 6.51. The van der Waals surface area contributed by atoms with E-state index in [1.165, 1.54) is 57.3 Å². The molecule has 2 fully saturated rings. The Bertz CT molecular complexity index is 400. The third-order valence-corrected chi connectivity index (χ3v) is 4.75. The minimum atomic E-state index is 0.714. The summed E-state index contributed by atoms with van der Waals surface area (Å²) >= 11 is 0. The molecule has 2 nitrogen and oxygen atoms in total. The van der Waals surface area contributed by atoms with Crippen molar-refractivity contribution in [3.05, 3.63) is 35.4 Å². The summed E-state index contributed by atoms with van der Waals surface area (Å²) in [6.07, 6.45) is 6.69. The van der Waals surface area contributed by atoms with Gasteiger partial charge in [-0.3, -0.25) is 0 Å². The molecule has 1 saturated heterocycles. The number of nitrogens with zero attached hydrogens (tertiary/aromatic N) is 1. The number of nitrogens with one attached hydrogen (secondary N) is 1. The lowest BCUT2D eigenvalue weighted by Gasteiger charge is -2.32. The van der Waals surface area contributed by atoms with Gasteiger partial charge in [-0.1, -0.05) is 31.2 Å². The summed E-state index contributed by atoms with van der Waals surface area (Å²) in [5.41, 5.74) is 2.98. The van der Waals surface area contributed by atoms with Crippen molar-refractivity contribution >= 4 is 0 Å². The number of rotatable bonds is 6. The monoisotopic (exact) mass is 272 g/mol. The smallest absolute Gasteiger partial charge is 0.0208 e. The Kier molecular flexibility index (Phi) is 4.74. The Balaban J connectivity index is 1.41. The summed E-state index contributed by atoms with van der Waals surface area (Å²) in [6, 6.07) is 10.0. The van der Waals surface area contributed by atoms with Gasteiger partial charge >= 0.3 is 0 Å². The van der Waals surface area contributed by atoms with Crippen LogP contribution in [-0.4, -0.2) is 30.6 Å². The van der Waals surface area contributed by atoms with E-state index in [9.17, 15) is 0 Å². The zero-order chi connectivity index (χ0) is 13.8. The fraction of sp³-hybridized carbons (Fsp3) is 0.667. The first kappa shape index (κ1) is 14.1. The molecule has 2 heteroatoms. The Morgan fingerprint density at radius 2 is 1.75 bits per heavy atom. The molecule has 0 unspecified atom stereocenters. The highest BCUT2D eigenvalue weighted by Crippen LogP contribution is 2.39. The molecule has 1 aliphatic heterocycles. The molecular weight excluding hydrogens is 244 g/mol. The van der Waals surface area contributed by atoms with Crippen LogP contribution in [0, 0.1) is 0 Å². The van der Waals surface area contributed by atoms with Crippen LogP contribution in [0.25, 0.3) is 0 Å². The van der Waals surface area contributed by atoms with E-state index in [0.717, 1.165) is 12.5 Å². The lowest BCUT2D eigenvalue weighted by molar-refractivity contribution is 0.197. The van der Waals surface area contributed by atoms with Crippen LogP contribution in [0.4, 0.5) is 0 Å². The normalized spacial score (nSPS) is 21.2. The number of hydrogen-bond donors (Lipinski definition) is 1. The maximum Gasteiger partial charge on any atom is 0.0208 e. The lowest BCUT2D eigenvalue weighted by Crippen LogP contribution is -2.42. The van der Waals surface area contributed by atoms with Crippen molar-refractivity contribution < 1.29 is 0 Å². The number of benzene rings is 1. The Morgan fingerprint density at radius 1 is 1.05 bits per heavy atom. The van der Waals surface area contributed by atoms with Crippen molar-refractivity contribution in [3.8, 4) is 0 Å². The van der Waals surface area contributed by atoms with Gasteiger partial charge in [0.2, 0.25) is 0 Å². The molecule has 1 aliphatic carbocycles. The van der Waals surface area contributed by atoms with Crippen LogP contribution in [0.2, 0.25) is 0 Å². The highest BCUT2D eigenvalue weighted by molar-refractivity contribution is 5.28. The van der Waals surface area contributed by atoms with E-state index in [-0.39, 0.29) is 0 Å². The average Bonchev–Trinajstić information content (AvgIpc) is 3.32. The fourth-order valence-electron chi connectivity index (χ4n) is 3.26. The van der Waals surface area contributed by atoms with Crippen LogP contribution in [0.5, 0.6) is 0 Å². The first-order chi connectivity index (χ1) is 9.85. The van der Waals surface area contributed by atoms with Crippen LogP contribution in [0.1, 0.15) is 56.1 Å². The third-order valence-electron chi connectivity index (χ3n) is 4.75. The maximum atomic E-state index is 3.74. The minimum absolute atomic E-state index is 0.714. The van der Waals surface area contributed by atoms with Gasteiger partial charge in [-0.15, -0.1) is 0 Å². The van der Waals surface area contributed by atoms with Crippen LogP contribution < -0.4 is 5.32 Å². The lowest BCUT2D eigenvalue weighted by atomic mass is 10.0. The molecule has 1 heterocycles. The second kappa shape index (κ2) is 6.73. The molecule has 1 N–H and O–H groups in total. The molecule has 1 aromatic carbocycles. The Hall–Kier alpha value is -0.860. The van der Waals surface area contributed by atoms with E-state index >= 15 is 0 Å². The van der Waals surface area contributed by atoms with Gasteiger partial charge < -0.3 is 10.2 Å². The van der Waals surface area contributed by atoms with Gasteiger partial charge in [0, 0.05) is 12.6 Å². The summed E-state index contributed by atoms with van der Waals surface area (Å²) in [7, 11) is 0. The first-order valence-corrected chi connectivity index (χ1v) is 8.39. The summed E-state index contributed by atoms with van der Waals surface area (Å²) in [5.74, 6) is 0.875. The molecular formula is C18H28N2. The molecule has 0 amide bonds. The van der Waals surface area contributed by atoms with Crippen LogP contribution in [0.15, 0.2) is 24.3 Å². The Labute approximate surface area is 123 Å². The zero-order valence-electron chi connectivity index (χ0n) is 12.8. The van der Waals surface area contributed by atoms with Crippen LogP contribution >= 0.6 is 0 Å². The van der Waals surface area contributed by atoms with E-state index in [4.69, 9.17) is 0 Å². The molecule has 20 heavy (non-hydrogen) atoms.